The van der Waals surface area contributed by atoms with Crippen molar-refractivity contribution in [3.63, 3.8) is 0 Å². The molecular weight excluding hydrogens is 410 g/mol. The summed E-state index contributed by atoms with van der Waals surface area (Å²) < 4.78 is 17.9. The van der Waals surface area contributed by atoms with Crippen LogP contribution >= 0.6 is 0 Å². The molecule has 0 aliphatic carbocycles. The SMILES string of the molecule is CCOc1ccc(NC2=N[C@H](c3cc(OC)ccc3OC)n3c(nc(C)cc3=O)N2)cc1. The van der Waals surface area contributed by atoms with E-state index in [1.165, 1.54) is 10.6 Å². The first kappa shape index (κ1) is 21.2. The molecule has 1 aliphatic heterocycles. The van der Waals surface area contributed by atoms with Crippen LogP contribution in [0.5, 0.6) is 17.2 Å². The number of benzene rings is 2. The van der Waals surface area contributed by atoms with E-state index in [4.69, 9.17) is 19.2 Å². The largest absolute Gasteiger partial charge is 0.497 e. The number of fused-ring (bicyclic) bond motifs is 1. The fourth-order valence-electron chi connectivity index (χ4n) is 3.50. The van der Waals surface area contributed by atoms with E-state index < -0.39 is 6.17 Å². The average molecular weight is 435 g/mol. The standard InChI is InChI=1S/C23H25N5O4/c1-5-32-16-8-6-15(7-9-16)25-22-26-21(18-13-17(30-3)10-11-19(18)31-4)28-20(29)12-14(2)24-23(28)27-22/h6-13,21H,5H2,1-4H3,(H2,24,25,26,27)/t21-/m0/s1. The van der Waals surface area contributed by atoms with Crippen LogP contribution in [-0.4, -0.2) is 36.3 Å². The number of aliphatic imine (C=N–C) groups is 1. The summed E-state index contributed by atoms with van der Waals surface area (Å²) in [7, 11) is 3.16. The van der Waals surface area contributed by atoms with Gasteiger partial charge in [0.1, 0.15) is 17.2 Å². The molecule has 1 atom stereocenters. The number of rotatable bonds is 6. The number of nitrogens with one attached hydrogen (secondary N) is 2. The van der Waals surface area contributed by atoms with Gasteiger partial charge in [-0.15, -0.1) is 0 Å². The highest BCUT2D eigenvalue weighted by molar-refractivity contribution is 6.03. The van der Waals surface area contributed by atoms with Crippen LogP contribution in [0.3, 0.4) is 0 Å². The van der Waals surface area contributed by atoms with Crippen molar-refractivity contribution >= 4 is 17.6 Å². The van der Waals surface area contributed by atoms with Crippen LogP contribution in [0.25, 0.3) is 0 Å². The van der Waals surface area contributed by atoms with Crippen LogP contribution in [0.4, 0.5) is 11.6 Å². The van der Waals surface area contributed by atoms with Gasteiger partial charge in [-0.3, -0.25) is 14.7 Å². The van der Waals surface area contributed by atoms with Gasteiger partial charge in [-0.2, -0.15) is 0 Å². The third-order valence-electron chi connectivity index (χ3n) is 4.95. The van der Waals surface area contributed by atoms with E-state index in [9.17, 15) is 4.79 Å². The third kappa shape index (κ3) is 4.22. The molecule has 0 radical (unpaired) electrons. The van der Waals surface area contributed by atoms with Gasteiger partial charge in [-0.05, 0) is 56.3 Å². The van der Waals surface area contributed by atoms with Crippen LogP contribution in [-0.2, 0) is 0 Å². The molecule has 1 aromatic heterocycles. The Morgan fingerprint density at radius 2 is 1.81 bits per heavy atom. The minimum Gasteiger partial charge on any atom is -0.497 e. The van der Waals surface area contributed by atoms with Gasteiger partial charge < -0.3 is 19.5 Å². The molecule has 0 saturated heterocycles. The molecule has 9 nitrogen and oxygen atoms in total. The van der Waals surface area contributed by atoms with Gasteiger partial charge in [0.15, 0.2) is 6.17 Å². The molecule has 9 heteroatoms. The number of aromatic nitrogens is 2. The molecule has 2 heterocycles. The first-order valence-electron chi connectivity index (χ1n) is 10.2. The molecule has 3 aromatic rings. The smallest absolute Gasteiger partial charge is 0.257 e. The quantitative estimate of drug-likeness (QED) is 0.612. The first-order valence-corrected chi connectivity index (χ1v) is 10.2. The summed E-state index contributed by atoms with van der Waals surface area (Å²) in [6.07, 6.45) is -0.706. The Kier molecular flexibility index (Phi) is 5.98. The minimum atomic E-state index is -0.706. The van der Waals surface area contributed by atoms with Crippen molar-refractivity contribution < 1.29 is 14.2 Å². The zero-order chi connectivity index (χ0) is 22.7. The maximum atomic E-state index is 12.9. The number of methoxy groups -OCH3 is 2. The number of hydrogen-bond donors (Lipinski definition) is 2. The summed E-state index contributed by atoms with van der Waals surface area (Å²) >= 11 is 0. The summed E-state index contributed by atoms with van der Waals surface area (Å²) in [6.45, 7) is 4.31. The van der Waals surface area contributed by atoms with E-state index in [-0.39, 0.29) is 5.56 Å². The van der Waals surface area contributed by atoms with E-state index in [1.54, 1.807) is 33.3 Å². The fraction of sp³-hybridized carbons (Fsp3) is 0.261. The molecule has 4 rings (SSSR count). The van der Waals surface area contributed by atoms with E-state index in [0.717, 1.165) is 11.4 Å². The first-order chi connectivity index (χ1) is 15.5. The van der Waals surface area contributed by atoms with E-state index in [0.29, 0.717) is 41.3 Å². The van der Waals surface area contributed by atoms with Crippen LogP contribution in [0.1, 0.15) is 24.3 Å². The molecule has 2 aromatic carbocycles. The number of ether oxygens (including phenoxy) is 3. The molecule has 0 saturated carbocycles. The number of guanidine groups is 1. The van der Waals surface area contributed by atoms with Gasteiger partial charge in [0, 0.05) is 23.0 Å². The van der Waals surface area contributed by atoms with Gasteiger partial charge in [0.2, 0.25) is 11.9 Å². The normalized spacial score (nSPS) is 14.6. The van der Waals surface area contributed by atoms with Crippen molar-refractivity contribution in [3.05, 3.63) is 70.1 Å². The van der Waals surface area contributed by atoms with Crippen LogP contribution in [0, 0.1) is 6.92 Å². The molecule has 0 bridgehead atoms. The van der Waals surface area contributed by atoms with Crippen molar-refractivity contribution in [2.75, 3.05) is 31.5 Å². The number of hydrogen-bond acceptors (Lipinski definition) is 8. The van der Waals surface area contributed by atoms with Crippen LogP contribution in [0.2, 0.25) is 0 Å². The molecule has 166 valence electrons. The summed E-state index contributed by atoms with van der Waals surface area (Å²) in [4.78, 5) is 22.2. The summed E-state index contributed by atoms with van der Waals surface area (Å²) in [5.41, 5.74) is 1.86. The molecular formula is C23H25N5O4. The highest BCUT2D eigenvalue weighted by Gasteiger charge is 2.28. The fourth-order valence-corrected chi connectivity index (χ4v) is 3.50. The van der Waals surface area contributed by atoms with Crippen LogP contribution < -0.4 is 30.4 Å². The molecule has 32 heavy (non-hydrogen) atoms. The lowest BCUT2D eigenvalue weighted by Crippen LogP contribution is -2.37. The van der Waals surface area contributed by atoms with Crippen molar-refractivity contribution in [1.82, 2.24) is 9.55 Å². The molecule has 0 spiro atoms. The Labute approximate surface area is 185 Å². The van der Waals surface area contributed by atoms with Gasteiger partial charge in [-0.1, -0.05) is 0 Å². The summed E-state index contributed by atoms with van der Waals surface area (Å²) in [5.74, 6) is 2.82. The van der Waals surface area contributed by atoms with Crippen LogP contribution in [0.15, 0.2) is 58.3 Å². The molecule has 1 aliphatic rings. The van der Waals surface area contributed by atoms with E-state index in [2.05, 4.69) is 15.6 Å². The number of aryl methyl sites for hydroxylation is 1. The lowest BCUT2D eigenvalue weighted by Gasteiger charge is -2.28. The van der Waals surface area contributed by atoms with E-state index >= 15 is 0 Å². The Balaban J connectivity index is 1.78. The van der Waals surface area contributed by atoms with Crippen molar-refractivity contribution in [2.45, 2.75) is 20.0 Å². The second-order valence-electron chi connectivity index (χ2n) is 7.10. The zero-order valence-corrected chi connectivity index (χ0v) is 18.4. The Bertz CT molecular complexity index is 1200. The van der Waals surface area contributed by atoms with Gasteiger partial charge in [0.25, 0.3) is 5.56 Å². The second kappa shape index (κ2) is 9.01. The van der Waals surface area contributed by atoms with E-state index in [1.807, 2.05) is 37.3 Å². The average Bonchev–Trinajstić information content (AvgIpc) is 2.79. The van der Waals surface area contributed by atoms with Crippen molar-refractivity contribution in [2.24, 2.45) is 4.99 Å². The third-order valence-corrected chi connectivity index (χ3v) is 4.95. The topological polar surface area (TPSA) is 99.0 Å². The predicted molar refractivity (Wildman–Crippen MR) is 123 cm³/mol. The molecule has 0 fully saturated rings. The summed E-state index contributed by atoms with van der Waals surface area (Å²) in [5, 5.41) is 6.37. The molecule has 0 amide bonds. The highest BCUT2D eigenvalue weighted by Crippen LogP contribution is 2.34. The molecule has 0 unspecified atom stereocenters. The maximum Gasteiger partial charge on any atom is 0.257 e. The Morgan fingerprint density at radius 3 is 2.50 bits per heavy atom. The Morgan fingerprint density at radius 1 is 1.06 bits per heavy atom. The lowest BCUT2D eigenvalue weighted by atomic mass is 10.1. The predicted octanol–water partition coefficient (Wildman–Crippen LogP) is 3.41. The monoisotopic (exact) mass is 435 g/mol. The number of nitrogens with zero attached hydrogens (tertiary/aromatic N) is 3. The zero-order valence-electron chi connectivity index (χ0n) is 18.4. The van der Waals surface area contributed by atoms with Gasteiger partial charge >= 0.3 is 0 Å². The van der Waals surface area contributed by atoms with Gasteiger partial charge in [-0.25, -0.2) is 9.98 Å². The summed E-state index contributed by atoms with van der Waals surface area (Å²) in [6, 6.07) is 14.4. The maximum absolute atomic E-state index is 12.9. The lowest BCUT2D eigenvalue weighted by molar-refractivity contribution is 0.340. The van der Waals surface area contributed by atoms with Crippen molar-refractivity contribution in [1.29, 1.82) is 0 Å². The highest BCUT2D eigenvalue weighted by atomic mass is 16.5. The number of anilines is 2. The van der Waals surface area contributed by atoms with Crippen molar-refractivity contribution in [3.8, 4) is 17.2 Å². The minimum absolute atomic E-state index is 0.223. The second-order valence-corrected chi connectivity index (χ2v) is 7.10. The van der Waals surface area contributed by atoms with Gasteiger partial charge in [0.05, 0.1) is 20.8 Å². The Hall–Kier alpha value is -4.01. The molecule has 2 N–H and O–H groups in total.